The van der Waals surface area contributed by atoms with Gasteiger partial charge in [-0.2, -0.15) is 5.10 Å². The Morgan fingerprint density at radius 3 is 2.65 bits per heavy atom. The number of hydrogen-bond donors (Lipinski definition) is 3. The van der Waals surface area contributed by atoms with Crippen molar-refractivity contribution in [1.29, 1.82) is 0 Å². The van der Waals surface area contributed by atoms with Crippen LogP contribution in [0.25, 0.3) is 10.7 Å². The Labute approximate surface area is 187 Å². The summed E-state index contributed by atoms with van der Waals surface area (Å²) in [7, 11) is 1.26. The summed E-state index contributed by atoms with van der Waals surface area (Å²) in [5.74, 6) is -0.457. The Hall–Kier alpha value is -3.31. The first-order chi connectivity index (χ1) is 14.9. The first-order valence-corrected chi connectivity index (χ1v) is 10.6. The SMILES string of the molecule is COC(=O)CNC(=O)Cc1ccc(NC(=O)C(C)n2c(-c3cccs3)n[nH]c2=S)cc1. The average Bonchev–Trinajstić information content (AvgIpc) is 3.42. The summed E-state index contributed by atoms with van der Waals surface area (Å²) in [5.41, 5.74) is 1.33. The number of hydrogen-bond acceptors (Lipinski definition) is 7. The molecule has 3 aromatic rings. The molecule has 0 aliphatic heterocycles. The summed E-state index contributed by atoms with van der Waals surface area (Å²) in [6, 6.07) is 10.1. The summed E-state index contributed by atoms with van der Waals surface area (Å²) in [6.07, 6.45) is 0.107. The molecule has 0 aliphatic rings. The van der Waals surface area contributed by atoms with Crippen molar-refractivity contribution < 1.29 is 19.1 Å². The van der Waals surface area contributed by atoms with Gasteiger partial charge in [0.2, 0.25) is 11.8 Å². The lowest BCUT2D eigenvalue weighted by molar-refractivity contribution is -0.141. The van der Waals surface area contributed by atoms with Crippen molar-refractivity contribution in [2.24, 2.45) is 0 Å². The fourth-order valence-electron chi connectivity index (χ4n) is 2.80. The zero-order valence-corrected chi connectivity index (χ0v) is 18.5. The topological polar surface area (TPSA) is 118 Å². The molecule has 162 valence electrons. The largest absolute Gasteiger partial charge is 0.468 e. The van der Waals surface area contributed by atoms with Gasteiger partial charge >= 0.3 is 5.97 Å². The number of nitrogens with zero attached hydrogens (tertiary/aromatic N) is 2. The van der Waals surface area contributed by atoms with E-state index in [1.54, 1.807) is 35.8 Å². The second-order valence-electron chi connectivity index (χ2n) is 6.59. The number of carbonyl (C=O) groups is 3. The number of aromatic nitrogens is 3. The maximum absolute atomic E-state index is 12.8. The third-order valence-corrected chi connectivity index (χ3v) is 5.61. The third kappa shape index (κ3) is 5.64. The van der Waals surface area contributed by atoms with Crippen LogP contribution in [0.5, 0.6) is 0 Å². The fourth-order valence-corrected chi connectivity index (χ4v) is 3.80. The third-order valence-electron chi connectivity index (χ3n) is 4.46. The first kappa shape index (κ1) is 22.4. The number of methoxy groups -OCH3 is 1. The molecule has 0 spiro atoms. The summed E-state index contributed by atoms with van der Waals surface area (Å²) in [5, 5.41) is 14.3. The zero-order valence-electron chi connectivity index (χ0n) is 16.9. The van der Waals surface area contributed by atoms with E-state index in [0.29, 0.717) is 16.3 Å². The lowest BCUT2D eigenvalue weighted by atomic mass is 10.1. The predicted octanol–water partition coefficient (Wildman–Crippen LogP) is 2.70. The summed E-state index contributed by atoms with van der Waals surface area (Å²) < 4.78 is 6.52. The lowest BCUT2D eigenvalue weighted by Gasteiger charge is -2.15. The van der Waals surface area contributed by atoms with Gasteiger partial charge in [-0.1, -0.05) is 18.2 Å². The van der Waals surface area contributed by atoms with E-state index in [-0.39, 0.29) is 24.8 Å². The zero-order chi connectivity index (χ0) is 22.4. The molecular formula is C20H21N5O4S2. The number of thiophene rings is 1. The normalized spacial score (nSPS) is 11.5. The number of ether oxygens (including phenoxy) is 1. The van der Waals surface area contributed by atoms with Crippen LogP contribution in [0.15, 0.2) is 41.8 Å². The predicted molar refractivity (Wildman–Crippen MR) is 119 cm³/mol. The van der Waals surface area contributed by atoms with Gasteiger partial charge in [-0.25, -0.2) is 0 Å². The van der Waals surface area contributed by atoms with E-state index in [1.165, 1.54) is 18.4 Å². The van der Waals surface area contributed by atoms with Crippen molar-refractivity contribution >= 4 is 47.0 Å². The van der Waals surface area contributed by atoms with Crippen LogP contribution < -0.4 is 10.6 Å². The molecule has 3 rings (SSSR count). The molecule has 11 heteroatoms. The molecule has 1 aromatic carbocycles. The highest BCUT2D eigenvalue weighted by atomic mass is 32.1. The minimum absolute atomic E-state index is 0.107. The number of anilines is 1. The summed E-state index contributed by atoms with van der Waals surface area (Å²) >= 11 is 6.82. The molecule has 2 aromatic heterocycles. The van der Waals surface area contributed by atoms with Gasteiger partial charge in [0.05, 0.1) is 18.4 Å². The van der Waals surface area contributed by atoms with Gasteiger partial charge in [-0.3, -0.25) is 24.0 Å². The maximum Gasteiger partial charge on any atom is 0.325 e. The van der Waals surface area contributed by atoms with E-state index in [0.717, 1.165) is 10.4 Å². The standard InChI is InChI=1S/C20H21N5O4S2/c1-12(25-18(23-24-20(25)30)15-4-3-9-31-15)19(28)22-14-7-5-13(6-8-14)10-16(26)21-11-17(27)29-2/h3-9,12H,10-11H2,1-2H3,(H,21,26)(H,22,28)(H,24,30). The molecule has 1 atom stereocenters. The summed E-state index contributed by atoms with van der Waals surface area (Å²) in [6.45, 7) is 1.57. The van der Waals surface area contributed by atoms with Gasteiger partial charge in [0.1, 0.15) is 12.6 Å². The van der Waals surface area contributed by atoms with Crippen molar-refractivity contribution in [2.75, 3.05) is 19.0 Å². The first-order valence-electron chi connectivity index (χ1n) is 9.33. The molecule has 2 amide bonds. The second kappa shape index (κ2) is 10.1. The number of nitrogens with one attached hydrogen (secondary N) is 3. The molecular weight excluding hydrogens is 438 g/mol. The minimum Gasteiger partial charge on any atom is -0.468 e. The van der Waals surface area contributed by atoms with E-state index in [4.69, 9.17) is 12.2 Å². The molecule has 31 heavy (non-hydrogen) atoms. The van der Waals surface area contributed by atoms with Crippen LogP contribution in [0, 0.1) is 4.77 Å². The van der Waals surface area contributed by atoms with Gasteiger partial charge in [-0.05, 0) is 48.3 Å². The molecule has 0 saturated carbocycles. The van der Waals surface area contributed by atoms with Crippen LogP contribution >= 0.6 is 23.6 Å². The smallest absolute Gasteiger partial charge is 0.325 e. The number of benzene rings is 1. The Morgan fingerprint density at radius 1 is 1.26 bits per heavy atom. The molecule has 0 saturated heterocycles. The van der Waals surface area contributed by atoms with Gasteiger partial charge in [0.15, 0.2) is 10.6 Å². The van der Waals surface area contributed by atoms with Crippen molar-refractivity contribution in [1.82, 2.24) is 20.1 Å². The van der Waals surface area contributed by atoms with Crippen molar-refractivity contribution in [2.45, 2.75) is 19.4 Å². The van der Waals surface area contributed by atoms with Crippen LogP contribution in [-0.2, 0) is 25.5 Å². The molecule has 2 heterocycles. The highest BCUT2D eigenvalue weighted by Gasteiger charge is 2.21. The van der Waals surface area contributed by atoms with Crippen LogP contribution in [0.2, 0.25) is 0 Å². The highest BCUT2D eigenvalue weighted by molar-refractivity contribution is 7.71. The van der Waals surface area contributed by atoms with Gasteiger partial charge in [0.25, 0.3) is 0 Å². The van der Waals surface area contributed by atoms with E-state index >= 15 is 0 Å². The van der Waals surface area contributed by atoms with Crippen molar-refractivity contribution in [3.8, 4) is 10.7 Å². The molecule has 0 fully saturated rings. The average molecular weight is 460 g/mol. The molecule has 0 radical (unpaired) electrons. The lowest BCUT2D eigenvalue weighted by Crippen LogP contribution is -2.31. The van der Waals surface area contributed by atoms with E-state index < -0.39 is 12.0 Å². The quantitative estimate of drug-likeness (QED) is 0.352. The van der Waals surface area contributed by atoms with Crippen LogP contribution in [0.1, 0.15) is 18.5 Å². The second-order valence-corrected chi connectivity index (χ2v) is 7.93. The maximum atomic E-state index is 12.8. The number of rotatable bonds is 8. The number of amides is 2. The molecule has 9 nitrogen and oxygen atoms in total. The monoisotopic (exact) mass is 459 g/mol. The Bertz CT molecular complexity index is 1120. The van der Waals surface area contributed by atoms with Crippen molar-refractivity contribution in [3.63, 3.8) is 0 Å². The van der Waals surface area contributed by atoms with Crippen LogP contribution in [0.3, 0.4) is 0 Å². The molecule has 0 aliphatic carbocycles. The van der Waals surface area contributed by atoms with E-state index in [2.05, 4.69) is 25.6 Å². The number of H-pyrrole nitrogens is 1. The Balaban J connectivity index is 1.62. The number of carbonyl (C=O) groups excluding carboxylic acids is 3. The van der Waals surface area contributed by atoms with E-state index in [9.17, 15) is 14.4 Å². The molecule has 1 unspecified atom stereocenters. The summed E-state index contributed by atoms with van der Waals surface area (Å²) in [4.78, 5) is 36.6. The van der Waals surface area contributed by atoms with E-state index in [1.807, 2.05) is 17.5 Å². The number of aromatic amines is 1. The van der Waals surface area contributed by atoms with Crippen LogP contribution in [0.4, 0.5) is 5.69 Å². The van der Waals surface area contributed by atoms with Gasteiger partial charge in [-0.15, -0.1) is 11.3 Å². The highest BCUT2D eigenvalue weighted by Crippen LogP contribution is 2.26. The fraction of sp³-hybridized carbons (Fsp3) is 0.250. The van der Waals surface area contributed by atoms with Gasteiger partial charge in [0, 0.05) is 5.69 Å². The van der Waals surface area contributed by atoms with Crippen LogP contribution in [-0.4, -0.2) is 46.2 Å². The van der Waals surface area contributed by atoms with Crippen molar-refractivity contribution in [3.05, 3.63) is 52.1 Å². The molecule has 3 N–H and O–H groups in total. The Morgan fingerprint density at radius 2 is 2.00 bits per heavy atom. The number of esters is 1. The minimum atomic E-state index is -0.591. The molecule has 0 bridgehead atoms. The Kier molecular flexibility index (Phi) is 7.32. The van der Waals surface area contributed by atoms with Gasteiger partial charge < -0.3 is 15.4 Å².